The Kier molecular flexibility index (Phi) is 5.01. The topological polar surface area (TPSA) is 61.4 Å². The van der Waals surface area contributed by atoms with Gasteiger partial charge in [0.1, 0.15) is 0 Å². The van der Waals surface area contributed by atoms with E-state index in [0.29, 0.717) is 24.7 Å². The third kappa shape index (κ3) is 3.94. The molecule has 0 aromatic heterocycles. The number of anilines is 1. The molecule has 0 amide bonds. The van der Waals surface area contributed by atoms with Gasteiger partial charge < -0.3 is 5.32 Å². The molecule has 0 atom stereocenters. The van der Waals surface area contributed by atoms with Crippen molar-refractivity contribution < 1.29 is 8.42 Å². The zero-order valence-corrected chi connectivity index (χ0v) is 12.9. The molecule has 5 nitrogen and oxygen atoms in total. The lowest BCUT2D eigenvalue weighted by Gasteiger charge is -2.31. The third-order valence-corrected chi connectivity index (χ3v) is 5.24. The summed E-state index contributed by atoms with van der Waals surface area (Å²) in [5.74, 6) is 0.575. The highest BCUT2D eigenvalue weighted by atomic mass is 32.2. The van der Waals surface area contributed by atoms with Crippen molar-refractivity contribution >= 4 is 15.9 Å². The number of nitrogens with one attached hydrogen (secondary N) is 2. The summed E-state index contributed by atoms with van der Waals surface area (Å²) >= 11 is 0. The molecule has 1 aromatic rings. The molecular weight excluding hydrogens is 274 g/mol. The number of benzene rings is 1. The van der Waals surface area contributed by atoms with E-state index in [1.807, 2.05) is 26.1 Å². The van der Waals surface area contributed by atoms with Gasteiger partial charge in [0.05, 0.1) is 0 Å². The van der Waals surface area contributed by atoms with Crippen molar-refractivity contribution in [3.05, 3.63) is 29.8 Å². The zero-order valence-electron chi connectivity index (χ0n) is 12.1. The monoisotopic (exact) mass is 297 g/mol. The first-order chi connectivity index (χ1) is 9.51. The minimum atomic E-state index is -3.42. The van der Waals surface area contributed by atoms with Gasteiger partial charge in [-0.05, 0) is 51.4 Å². The number of piperidine rings is 1. The van der Waals surface area contributed by atoms with Crippen molar-refractivity contribution in [1.82, 2.24) is 9.62 Å². The maximum atomic E-state index is 12.3. The molecule has 1 aromatic carbocycles. The first kappa shape index (κ1) is 15.3. The van der Waals surface area contributed by atoms with Crippen molar-refractivity contribution in [2.45, 2.75) is 19.8 Å². The number of nitrogens with zero attached hydrogens (tertiary/aromatic N) is 1. The van der Waals surface area contributed by atoms with Crippen LogP contribution in [0.1, 0.15) is 18.4 Å². The summed E-state index contributed by atoms with van der Waals surface area (Å²) in [7, 11) is -1.49. The van der Waals surface area contributed by atoms with E-state index in [0.717, 1.165) is 24.9 Å². The van der Waals surface area contributed by atoms with Crippen molar-refractivity contribution in [3.8, 4) is 0 Å². The van der Waals surface area contributed by atoms with E-state index in [9.17, 15) is 8.42 Å². The van der Waals surface area contributed by atoms with Gasteiger partial charge in [-0.15, -0.1) is 0 Å². The molecule has 0 aliphatic carbocycles. The number of hydrogen-bond acceptors (Lipinski definition) is 3. The van der Waals surface area contributed by atoms with Crippen LogP contribution in [-0.2, 0) is 10.2 Å². The molecule has 1 saturated heterocycles. The van der Waals surface area contributed by atoms with Crippen molar-refractivity contribution in [3.63, 3.8) is 0 Å². The van der Waals surface area contributed by atoms with E-state index in [1.54, 1.807) is 16.4 Å². The maximum Gasteiger partial charge on any atom is 0.301 e. The molecule has 0 unspecified atom stereocenters. The van der Waals surface area contributed by atoms with Crippen molar-refractivity contribution in [1.29, 1.82) is 0 Å². The van der Waals surface area contributed by atoms with E-state index in [2.05, 4.69) is 10.0 Å². The zero-order chi connectivity index (χ0) is 14.6. The van der Waals surface area contributed by atoms with Gasteiger partial charge >= 0.3 is 10.2 Å². The summed E-state index contributed by atoms with van der Waals surface area (Å²) in [6.45, 7) is 4.12. The SMILES string of the molecule is CNCC1CCN(S(=O)(=O)Nc2ccc(C)cc2)CC1. The lowest BCUT2D eigenvalue weighted by molar-refractivity contribution is 0.272. The van der Waals surface area contributed by atoms with Crippen LogP contribution in [-0.4, -0.2) is 39.4 Å². The summed E-state index contributed by atoms with van der Waals surface area (Å²) in [4.78, 5) is 0. The molecule has 112 valence electrons. The molecular formula is C14H23N3O2S. The second kappa shape index (κ2) is 6.56. The third-order valence-electron chi connectivity index (χ3n) is 3.70. The lowest BCUT2D eigenvalue weighted by Crippen LogP contribution is -2.43. The fourth-order valence-electron chi connectivity index (χ4n) is 2.48. The summed E-state index contributed by atoms with van der Waals surface area (Å²) < 4.78 is 28.8. The van der Waals surface area contributed by atoms with Crippen LogP contribution < -0.4 is 10.0 Å². The molecule has 1 aliphatic heterocycles. The Morgan fingerprint density at radius 2 is 1.80 bits per heavy atom. The minimum absolute atomic E-state index is 0.575. The summed E-state index contributed by atoms with van der Waals surface area (Å²) in [5.41, 5.74) is 1.73. The smallest absolute Gasteiger partial charge is 0.301 e. The Bertz CT molecular complexity index is 520. The Morgan fingerprint density at radius 3 is 2.35 bits per heavy atom. The Balaban J connectivity index is 1.96. The summed E-state index contributed by atoms with van der Waals surface area (Å²) in [5, 5.41) is 3.15. The number of hydrogen-bond donors (Lipinski definition) is 2. The van der Waals surface area contributed by atoms with Gasteiger partial charge in [0.2, 0.25) is 0 Å². The number of aryl methyl sites for hydroxylation is 1. The molecule has 20 heavy (non-hydrogen) atoms. The van der Waals surface area contributed by atoms with Crippen LogP contribution in [0.2, 0.25) is 0 Å². The summed E-state index contributed by atoms with van der Waals surface area (Å²) in [6, 6.07) is 7.38. The van der Waals surface area contributed by atoms with Crippen LogP contribution in [0.4, 0.5) is 5.69 Å². The molecule has 0 spiro atoms. The second-order valence-electron chi connectivity index (χ2n) is 5.37. The molecule has 0 saturated carbocycles. The van der Waals surface area contributed by atoms with E-state index >= 15 is 0 Å². The average Bonchev–Trinajstić information content (AvgIpc) is 2.42. The van der Waals surface area contributed by atoms with Crippen LogP contribution in [0.3, 0.4) is 0 Å². The van der Waals surface area contributed by atoms with Crippen LogP contribution in [0.15, 0.2) is 24.3 Å². The van der Waals surface area contributed by atoms with Crippen LogP contribution in [0.5, 0.6) is 0 Å². The average molecular weight is 297 g/mol. The largest absolute Gasteiger partial charge is 0.319 e. The van der Waals surface area contributed by atoms with E-state index in [4.69, 9.17) is 0 Å². The Hall–Kier alpha value is -1.11. The standard InChI is InChI=1S/C14H23N3O2S/c1-12-3-5-14(6-4-12)16-20(18,19)17-9-7-13(8-10-17)11-15-2/h3-6,13,15-16H,7-11H2,1-2H3. The van der Waals surface area contributed by atoms with Gasteiger partial charge in [-0.2, -0.15) is 12.7 Å². The summed E-state index contributed by atoms with van der Waals surface area (Å²) in [6.07, 6.45) is 1.82. The van der Waals surface area contributed by atoms with E-state index < -0.39 is 10.2 Å². The maximum absolute atomic E-state index is 12.3. The highest BCUT2D eigenvalue weighted by Crippen LogP contribution is 2.20. The number of rotatable bonds is 5. The molecule has 6 heteroatoms. The first-order valence-corrected chi connectivity index (χ1v) is 8.44. The molecule has 1 aliphatic rings. The van der Waals surface area contributed by atoms with Gasteiger partial charge in [0.15, 0.2) is 0 Å². The Morgan fingerprint density at radius 1 is 1.20 bits per heavy atom. The predicted molar refractivity (Wildman–Crippen MR) is 81.9 cm³/mol. The van der Waals surface area contributed by atoms with Crippen LogP contribution >= 0.6 is 0 Å². The second-order valence-corrected chi connectivity index (χ2v) is 7.04. The highest BCUT2D eigenvalue weighted by molar-refractivity contribution is 7.90. The molecule has 0 radical (unpaired) electrons. The van der Waals surface area contributed by atoms with Crippen molar-refractivity contribution in [2.75, 3.05) is 31.4 Å². The Labute approximate surface area is 121 Å². The van der Waals surface area contributed by atoms with Gasteiger partial charge in [-0.1, -0.05) is 17.7 Å². The molecule has 1 heterocycles. The van der Waals surface area contributed by atoms with Crippen molar-refractivity contribution in [2.24, 2.45) is 5.92 Å². The fourth-order valence-corrected chi connectivity index (χ4v) is 3.73. The fraction of sp³-hybridized carbons (Fsp3) is 0.571. The normalized spacial score (nSPS) is 18.1. The van der Waals surface area contributed by atoms with E-state index in [-0.39, 0.29) is 0 Å². The van der Waals surface area contributed by atoms with Gasteiger partial charge in [-0.25, -0.2) is 0 Å². The molecule has 2 N–H and O–H groups in total. The quantitative estimate of drug-likeness (QED) is 0.867. The molecule has 1 fully saturated rings. The first-order valence-electron chi connectivity index (χ1n) is 7.00. The highest BCUT2D eigenvalue weighted by Gasteiger charge is 2.27. The van der Waals surface area contributed by atoms with Gasteiger partial charge in [0, 0.05) is 18.8 Å². The van der Waals surface area contributed by atoms with E-state index in [1.165, 1.54) is 0 Å². The van der Waals surface area contributed by atoms with Crippen LogP contribution in [0.25, 0.3) is 0 Å². The lowest BCUT2D eigenvalue weighted by atomic mass is 9.98. The van der Waals surface area contributed by atoms with Crippen LogP contribution in [0, 0.1) is 12.8 Å². The van der Waals surface area contributed by atoms with Gasteiger partial charge in [0.25, 0.3) is 0 Å². The minimum Gasteiger partial charge on any atom is -0.319 e. The molecule has 2 rings (SSSR count). The molecule has 0 bridgehead atoms. The predicted octanol–water partition coefficient (Wildman–Crippen LogP) is 1.58. The van der Waals surface area contributed by atoms with Gasteiger partial charge in [-0.3, -0.25) is 4.72 Å².